The number of hydrogen-bond donors (Lipinski definition) is 1. The number of rotatable bonds is 4. The molecule has 2 fully saturated rings. The van der Waals surface area contributed by atoms with Crippen molar-refractivity contribution in [1.29, 1.82) is 0 Å². The highest BCUT2D eigenvalue weighted by molar-refractivity contribution is 5.78. The Hall–Kier alpha value is -1.88. The second kappa shape index (κ2) is 6.45. The van der Waals surface area contributed by atoms with E-state index < -0.39 is 0 Å². The molecule has 134 valence electrons. The van der Waals surface area contributed by atoms with Gasteiger partial charge in [-0.25, -0.2) is 4.98 Å². The molecule has 4 rings (SSSR count). The van der Waals surface area contributed by atoms with Crippen LogP contribution in [0.2, 0.25) is 0 Å². The van der Waals surface area contributed by atoms with Crippen LogP contribution in [0.15, 0.2) is 12.1 Å². The average Bonchev–Trinajstić information content (AvgIpc) is 3.09. The number of methoxy groups -OCH3 is 1. The predicted octanol–water partition coefficient (Wildman–Crippen LogP) is 3.00. The molecular weight excluding hydrogens is 314 g/mol. The lowest BCUT2D eigenvalue weighted by atomic mass is 9.94. The van der Waals surface area contributed by atoms with E-state index in [0.717, 1.165) is 29.9 Å². The number of imidazole rings is 1. The molecule has 1 aliphatic carbocycles. The number of nitrogens with one attached hydrogen (secondary N) is 1. The van der Waals surface area contributed by atoms with Crippen LogP contribution < -0.4 is 0 Å². The Morgan fingerprint density at radius 2 is 1.92 bits per heavy atom. The van der Waals surface area contributed by atoms with E-state index in [0.29, 0.717) is 30.8 Å². The molecule has 0 radical (unpaired) electrons. The number of piperidine rings is 1. The van der Waals surface area contributed by atoms with Gasteiger partial charge in [0.15, 0.2) is 0 Å². The van der Waals surface area contributed by atoms with Crippen LogP contribution in [0.3, 0.4) is 0 Å². The van der Waals surface area contributed by atoms with E-state index in [4.69, 9.17) is 4.74 Å². The van der Waals surface area contributed by atoms with Crippen molar-refractivity contribution in [3.8, 4) is 0 Å². The van der Waals surface area contributed by atoms with E-state index >= 15 is 0 Å². The monoisotopic (exact) mass is 341 g/mol. The van der Waals surface area contributed by atoms with E-state index in [1.807, 2.05) is 0 Å². The topological polar surface area (TPSA) is 58.2 Å². The van der Waals surface area contributed by atoms with Gasteiger partial charge >= 0.3 is 0 Å². The van der Waals surface area contributed by atoms with Crippen LogP contribution in [0.1, 0.15) is 36.2 Å². The molecule has 0 spiro atoms. The highest BCUT2D eigenvalue weighted by atomic mass is 16.5. The molecule has 1 aromatic heterocycles. The maximum absolute atomic E-state index is 12.7. The first-order chi connectivity index (χ1) is 12.0. The molecule has 1 N–H and O–H groups in total. The number of benzene rings is 1. The standard InChI is InChI=1S/C20H27N3O2/c1-12-8-16-17(9-13(12)2)22-18(21-16)6-7-19(24)23-10-14-4-5-15(11-23)20(14)25-3/h8-9,14-15,20H,4-7,10-11H2,1-3H3,(H,21,22)/t14-,15+,20?. The Morgan fingerprint density at radius 3 is 2.60 bits per heavy atom. The van der Waals surface area contributed by atoms with E-state index in [2.05, 4.69) is 40.8 Å². The molecule has 5 nitrogen and oxygen atoms in total. The number of fused-ring (bicyclic) bond motifs is 3. The van der Waals surface area contributed by atoms with Crippen molar-refractivity contribution in [3.05, 3.63) is 29.1 Å². The molecule has 1 saturated carbocycles. The molecule has 5 heteroatoms. The highest BCUT2D eigenvalue weighted by Gasteiger charge is 2.43. The maximum Gasteiger partial charge on any atom is 0.223 e. The van der Waals surface area contributed by atoms with Gasteiger partial charge in [-0.05, 0) is 49.9 Å². The number of aryl methyl sites for hydroxylation is 3. The van der Waals surface area contributed by atoms with Gasteiger partial charge in [0.25, 0.3) is 0 Å². The molecule has 1 aliphatic heterocycles. The fourth-order valence-electron chi connectivity index (χ4n) is 4.59. The van der Waals surface area contributed by atoms with Gasteiger partial charge in [0, 0.05) is 44.9 Å². The predicted molar refractivity (Wildman–Crippen MR) is 97.5 cm³/mol. The quantitative estimate of drug-likeness (QED) is 0.930. The summed E-state index contributed by atoms with van der Waals surface area (Å²) in [6.45, 7) is 5.92. The number of carbonyl (C=O) groups excluding carboxylic acids is 1. The Bertz CT molecular complexity index is 745. The summed E-state index contributed by atoms with van der Waals surface area (Å²) >= 11 is 0. The molecule has 1 saturated heterocycles. The summed E-state index contributed by atoms with van der Waals surface area (Å²) in [5.74, 6) is 2.19. The molecule has 1 aromatic carbocycles. The van der Waals surface area contributed by atoms with E-state index in [9.17, 15) is 4.79 Å². The zero-order chi connectivity index (χ0) is 17.6. The van der Waals surface area contributed by atoms with Crippen molar-refractivity contribution in [3.63, 3.8) is 0 Å². The van der Waals surface area contributed by atoms with Crippen LogP contribution in [0, 0.1) is 25.7 Å². The van der Waals surface area contributed by atoms with Crippen LogP contribution in [0.5, 0.6) is 0 Å². The van der Waals surface area contributed by atoms with Crippen LogP contribution in [0.4, 0.5) is 0 Å². The third-order valence-corrected chi connectivity index (χ3v) is 6.09. The fraction of sp³-hybridized carbons (Fsp3) is 0.600. The summed E-state index contributed by atoms with van der Waals surface area (Å²) in [6, 6.07) is 4.25. The molecule has 25 heavy (non-hydrogen) atoms. The SMILES string of the molecule is COC1[C@@H]2CC[C@H]1CN(C(=O)CCc1nc3cc(C)c(C)cc3[nH]1)C2. The van der Waals surface area contributed by atoms with Gasteiger partial charge in [0.05, 0.1) is 17.1 Å². The second-order valence-electron chi connectivity index (χ2n) is 7.73. The minimum absolute atomic E-state index is 0.249. The minimum atomic E-state index is 0.249. The summed E-state index contributed by atoms with van der Waals surface area (Å²) in [4.78, 5) is 22.7. The molecule has 1 unspecified atom stereocenters. The summed E-state index contributed by atoms with van der Waals surface area (Å²) in [6.07, 6.45) is 3.93. The number of nitrogens with zero attached hydrogens (tertiary/aromatic N) is 2. The average molecular weight is 341 g/mol. The first kappa shape index (κ1) is 16.6. The number of ether oxygens (including phenoxy) is 1. The zero-order valence-corrected chi connectivity index (χ0v) is 15.3. The summed E-state index contributed by atoms with van der Waals surface area (Å²) in [5, 5.41) is 0. The van der Waals surface area contributed by atoms with E-state index in [-0.39, 0.29) is 5.91 Å². The Kier molecular flexibility index (Phi) is 4.28. The number of carbonyl (C=O) groups is 1. The Balaban J connectivity index is 1.39. The molecule has 3 atom stereocenters. The van der Waals surface area contributed by atoms with Crippen molar-refractivity contribution in [2.45, 2.75) is 45.6 Å². The largest absolute Gasteiger partial charge is 0.381 e. The molecule has 2 aliphatic rings. The van der Waals surface area contributed by atoms with Gasteiger partial charge in [0.1, 0.15) is 5.82 Å². The summed E-state index contributed by atoms with van der Waals surface area (Å²) in [5.41, 5.74) is 4.56. The van der Waals surface area contributed by atoms with Crippen molar-refractivity contribution in [2.24, 2.45) is 11.8 Å². The Labute approximate surface area is 148 Å². The van der Waals surface area contributed by atoms with Gasteiger partial charge in [-0.1, -0.05) is 0 Å². The number of aromatic amines is 1. The summed E-state index contributed by atoms with van der Waals surface area (Å²) in [7, 11) is 1.80. The summed E-state index contributed by atoms with van der Waals surface area (Å²) < 4.78 is 5.64. The molecule has 1 amide bonds. The normalized spacial score (nSPS) is 25.7. The van der Waals surface area contributed by atoms with Gasteiger partial charge < -0.3 is 14.6 Å². The van der Waals surface area contributed by atoms with Crippen molar-refractivity contribution in [1.82, 2.24) is 14.9 Å². The van der Waals surface area contributed by atoms with E-state index in [1.165, 1.54) is 24.0 Å². The fourth-order valence-corrected chi connectivity index (χ4v) is 4.59. The third kappa shape index (κ3) is 3.06. The third-order valence-electron chi connectivity index (χ3n) is 6.09. The van der Waals surface area contributed by atoms with Gasteiger partial charge in [-0.3, -0.25) is 4.79 Å². The first-order valence-corrected chi connectivity index (χ1v) is 9.31. The number of amides is 1. The van der Waals surface area contributed by atoms with Crippen molar-refractivity contribution >= 4 is 16.9 Å². The lowest BCUT2D eigenvalue weighted by Gasteiger charge is -2.37. The molecule has 2 bridgehead atoms. The van der Waals surface area contributed by atoms with Crippen LogP contribution >= 0.6 is 0 Å². The second-order valence-corrected chi connectivity index (χ2v) is 7.73. The Morgan fingerprint density at radius 1 is 1.24 bits per heavy atom. The van der Waals surface area contributed by atoms with Gasteiger partial charge in [-0.2, -0.15) is 0 Å². The first-order valence-electron chi connectivity index (χ1n) is 9.31. The van der Waals surface area contributed by atoms with Gasteiger partial charge in [-0.15, -0.1) is 0 Å². The number of likely N-dealkylation sites (tertiary alicyclic amines) is 1. The van der Waals surface area contributed by atoms with Crippen LogP contribution in [-0.2, 0) is 16.0 Å². The molecular formula is C20H27N3O2. The smallest absolute Gasteiger partial charge is 0.223 e. The lowest BCUT2D eigenvalue weighted by molar-refractivity contribution is -0.136. The van der Waals surface area contributed by atoms with Gasteiger partial charge in [0.2, 0.25) is 5.91 Å². The number of aromatic nitrogens is 2. The number of H-pyrrole nitrogens is 1. The number of hydrogen-bond acceptors (Lipinski definition) is 3. The zero-order valence-electron chi connectivity index (χ0n) is 15.3. The van der Waals surface area contributed by atoms with Crippen molar-refractivity contribution in [2.75, 3.05) is 20.2 Å². The molecule has 2 heterocycles. The molecule has 2 aromatic rings. The minimum Gasteiger partial charge on any atom is -0.381 e. The lowest BCUT2D eigenvalue weighted by Crippen LogP contribution is -2.48. The van der Waals surface area contributed by atoms with Crippen LogP contribution in [-0.4, -0.2) is 47.1 Å². The maximum atomic E-state index is 12.7. The van der Waals surface area contributed by atoms with Crippen molar-refractivity contribution < 1.29 is 9.53 Å². The van der Waals surface area contributed by atoms with E-state index in [1.54, 1.807) is 7.11 Å². The van der Waals surface area contributed by atoms with Crippen LogP contribution in [0.25, 0.3) is 11.0 Å². The highest BCUT2D eigenvalue weighted by Crippen LogP contribution is 2.38.